The van der Waals surface area contributed by atoms with Crippen molar-refractivity contribution < 1.29 is 9.90 Å². The van der Waals surface area contributed by atoms with Gasteiger partial charge in [-0.1, -0.05) is 11.6 Å². The van der Waals surface area contributed by atoms with Crippen LogP contribution in [-0.4, -0.2) is 23.7 Å². The molecular weight excluding hydrogens is 216 g/mol. The molecule has 0 saturated heterocycles. The van der Waals surface area contributed by atoms with E-state index in [-0.39, 0.29) is 12.5 Å². The number of carbonyl (C=O) groups is 1. The van der Waals surface area contributed by atoms with Gasteiger partial charge in [-0.25, -0.2) is 0 Å². The van der Waals surface area contributed by atoms with E-state index in [0.29, 0.717) is 16.3 Å². The van der Waals surface area contributed by atoms with Crippen molar-refractivity contribution in [1.29, 1.82) is 0 Å². The average Bonchev–Trinajstić information content (AvgIpc) is 2.18. The molecule has 0 aromatic heterocycles. The van der Waals surface area contributed by atoms with Gasteiger partial charge < -0.3 is 16.2 Å². The minimum absolute atomic E-state index is 0.209. The number of aliphatic hydroxyl groups is 1. The molecule has 15 heavy (non-hydrogen) atoms. The van der Waals surface area contributed by atoms with E-state index in [1.54, 1.807) is 19.1 Å². The molecule has 0 heterocycles. The van der Waals surface area contributed by atoms with Crippen molar-refractivity contribution >= 4 is 23.2 Å². The molecule has 0 saturated carbocycles. The highest BCUT2D eigenvalue weighted by Gasteiger charge is 2.07. The molecule has 1 aromatic carbocycles. The van der Waals surface area contributed by atoms with Crippen LogP contribution >= 0.6 is 11.6 Å². The van der Waals surface area contributed by atoms with Gasteiger partial charge in [0, 0.05) is 12.1 Å². The standard InChI is InChI=1S/C10H13ClN2O2/c1-6(14)5-13-10(15)7-2-3-9(12)8(11)4-7/h2-4,6,14H,5,12H2,1H3,(H,13,15). The van der Waals surface area contributed by atoms with E-state index in [9.17, 15) is 4.79 Å². The Morgan fingerprint density at radius 3 is 2.87 bits per heavy atom. The summed E-state index contributed by atoms with van der Waals surface area (Å²) >= 11 is 5.77. The number of rotatable bonds is 3. The number of hydrogen-bond donors (Lipinski definition) is 3. The molecule has 0 fully saturated rings. The lowest BCUT2D eigenvalue weighted by Gasteiger charge is -2.07. The summed E-state index contributed by atoms with van der Waals surface area (Å²) in [6.07, 6.45) is -0.571. The second kappa shape index (κ2) is 5.00. The van der Waals surface area contributed by atoms with Crippen molar-refractivity contribution in [3.05, 3.63) is 28.8 Å². The number of nitrogens with two attached hydrogens (primary N) is 1. The van der Waals surface area contributed by atoms with Crippen LogP contribution in [0, 0.1) is 0 Å². The zero-order chi connectivity index (χ0) is 11.4. The van der Waals surface area contributed by atoms with Crippen LogP contribution in [0.5, 0.6) is 0 Å². The van der Waals surface area contributed by atoms with Gasteiger partial charge in [-0.3, -0.25) is 4.79 Å². The lowest BCUT2D eigenvalue weighted by atomic mass is 10.2. The van der Waals surface area contributed by atoms with Gasteiger partial charge in [0.2, 0.25) is 0 Å². The number of nitrogen functional groups attached to an aromatic ring is 1. The van der Waals surface area contributed by atoms with E-state index in [1.165, 1.54) is 6.07 Å². The molecule has 1 unspecified atom stereocenters. The third-order valence-electron chi connectivity index (χ3n) is 1.82. The Balaban J connectivity index is 2.70. The average molecular weight is 229 g/mol. The number of hydrogen-bond acceptors (Lipinski definition) is 3. The molecule has 0 spiro atoms. The summed E-state index contributed by atoms with van der Waals surface area (Å²) in [6.45, 7) is 1.80. The first-order valence-corrected chi connectivity index (χ1v) is 4.90. The lowest BCUT2D eigenvalue weighted by Crippen LogP contribution is -2.30. The Morgan fingerprint density at radius 2 is 2.33 bits per heavy atom. The number of amides is 1. The number of benzene rings is 1. The van der Waals surface area contributed by atoms with Gasteiger partial charge in [0.15, 0.2) is 0 Å². The fourth-order valence-corrected chi connectivity index (χ4v) is 1.19. The van der Waals surface area contributed by atoms with Gasteiger partial charge in [-0.15, -0.1) is 0 Å². The topological polar surface area (TPSA) is 75.3 Å². The molecule has 1 aromatic rings. The van der Waals surface area contributed by atoms with Crippen molar-refractivity contribution in [2.24, 2.45) is 0 Å². The Labute approximate surface area is 93.0 Å². The van der Waals surface area contributed by atoms with Crippen LogP contribution < -0.4 is 11.1 Å². The molecule has 0 aliphatic heterocycles. The smallest absolute Gasteiger partial charge is 0.251 e. The van der Waals surface area contributed by atoms with Gasteiger partial charge >= 0.3 is 0 Å². The Hall–Kier alpha value is -1.26. The molecule has 4 N–H and O–H groups in total. The summed E-state index contributed by atoms with van der Waals surface area (Å²) in [6, 6.07) is 4.65. The summed E-state index contributed by atoms with van der Waals surface area (Å²) in [5.74, 6) is -0.280. The SMILES string of the molecule is CC(O)CNC(=O)c1ccc(N)c(Cl)c1. The van der Waals surface area contributed by atoms with Crippen LogP contribution in [0.1, 0.15) is 17.3 Å². The van der Waals surface area contributed by atoms with Crippen molar-refractivity contribution in [2.45, 2.75) is 13.0 Å². The number of carbonyl (C=O) groups excluding carboxylic acids is 1. The summed E-state index contributed by atoms with van der Waals surface area (Å²) in [5.41, 5.74) is 6.37. The highest BCUT2D eigenvalue weighted by molar-refractivity contribution is 6.33. The molecule has 1 rings (SSSR count). The van der Waals surface area contributed by atoms with Crippen LogP contribution in [0.2, 0.25) is 5.02 Å². The highest BCUT2D eigenvalue weighted by atomic mass is 35.5. The van der Waals surface area contributed by atoms with E-state index in [2.05, 4.69) is 5.32 Å². The zero-order valence-corrected chi connectivity index (χ0v) is 9.08. The van der Waals surface area contributed by atoms with Gasteiger partial charge in [0.1, 0.15) is 0 Å². The first kappa shape index (κ1) is 11.8. The Bertz CT molecular complexity index is 366. The first-order valence-electron chi connectivity index (χ1n) is 4.52. The Morgan fingerprint density at radius 1 is 1.67 bits per heavy atom. The highest BCUT2D eigenvalue weighted by Crippen LogP contribution is 2.19. The number of nitrogens with one attached hydrogen (secondary N) is 1. The van der Waals surface area contributed by atoms with Crippen LogP contribution in [0.4, 0.5) is 5.69 Å². The van der Waals surface area contributed by atoms with Crippen molar-refractivity contribution in [2.75, 3.05) is 12.3 Å². The largest absolute Gasteiger partial charge is 0.398 e. The van der Waals surface area contributed by atoms with E-state index >= 15 is 0 Å². The van der Waals surface area contributed by atoms with Crippen molar-refractivity contribution in [1.82, 2.24) is 5.32 Å². The number of anilines is 1. The maximum Gasteiger partial charge on any atom is 0.251 e. The molecule has 1 atom stereocenters. The second-order valence-corrected chi connectivity index (χ2v) is 3.70. The van der Waals surface area contributed by atoms with Crippen LogP contribution in [-0.2, 0) is 0 Å². The van der Waals surface area contributed by atoms with Crippen molar-refractivity contribution in [3.8, 4) is 0 Å². The molecule has 4 nitrogen and oxygen atoms in total. The maximum atomic E-state index is 11.5. The van der Waals surface area contributed by atoms with E-state index in [4.69, 9.17) is 22.4 Å². The minimum Gasteiger partial charge on any atom is -0.398 e. The quantitative estimate of drug-likeness (QED) is 0.677. The summed E-state index contributed by atoms with van der Waals surface area (Å²) in [4.78, 5) is 11.5. The fraction of sp³-hybridized carbons (Fsp3) is 0.300. The molecular formula is C10H13ClN2O2. The molecule has 5 heteroatoms. The van der Waals surface area contributed by atoms with E-state index < -0.39 is 6.10 Å². The molecule has 0 bridgehead atoms. The third kappa shape index (κ3) is 3.42. The van der Waals surface area contributed by atoms with Gasteiger partial charge in [0.25, 0.3) is 5.91 Å². The molecule has 0 aliphatic rings. The van der Waals surface area contributed by atoms with Crippen LogP contribution in [0.3, 0.4) is 0 Å². The monoisotopic (exact) mass is 228 g/mol. The first-order chi connectivity index (χ1) is 7.00. The second-order valence-electron chi connectivity index (χ2n) is 3.30. The minimum atomic E-state index is -0.571. The molecule has 82 valence electrons. The van der Waals surface area contributed by atoms with Crippen molar-refractivity contribution in [3.63, 3.8) is 0 Å². The maximum absolute atomic E-state index is 11.5. The van der Waals surface area contributed by atoms with E-state index in [1.807, 2.05) is 0 Å². The van der Waals surface area contributed by atoms with Gasteiger partial charge in [-0.05, 0) is 25.1 Å². The van der Waals surface area contributed by atoms with Crippen LogP contribution in [0.25, 0.3) is 0 Å². The summed E-state index contributed by atoms with van der Waals surface area (Å²) < 4.78 is 0. The molecule has 1 amide bonds. The number of aliphatic hydroxyl groups excluding tert-OH is 1. The predicted molar refractivity (Wildman–Crippen MR) is 59.9 cm³/mol. The zero-order valence-electron chi connectivity index (χ0n) is 8.33. The predicted octanol–water partition coefficient (Wildman–Crippen LogP) is 1.03. The fourth-order valence-electron chi connectivity index (χ4n) is 1.01. The van der Waals surface area contributed by atoms with E-state index in [0.717, 1.165) is 0 Å². The van der Waals surface area contributed by atoms with Gasteiger partial charge in [0.05, 0.1) is 16.8 Å². The molecule has 0 aliphatic carbocycles. The lowest BCUT2D eigenvalue weighted by molar-refractivity contribution is 0.0924. The number of halogens is 1. The summed E-state index contributed by atoms with van der Waals surface area (Å²) in [7, 11) is 0. The van der Waals surface area contributed by atoms with Crippen LogP contribution in [0.15, 0.2) is 18.2 Å². The van der Waals surface area contributed by atoms with Gasteiger partial charge in [-0.2, -0.15) is 0 Å². The summed E-state index contributed by atoms with van der Waals surface area (Å²) in [5, 5.41) is 11.9. The Kier molecular flexibility index (Phi) is 3.94. The normalized spacial score (nSPS) is 12.2. The third-order valence-corrected chi connectivity index (χ3v) is 2.15. The molecule has 0 radical (unpaired) electrons.